The number of rotatable bonds is 5. The molecule has 1 unspecified atom stereocenters. The Morgan fingerprint density at radius 1 is 1.00 bits per heavy atom. The number of hydrogen-bond acceptors (Lipinski definition) is 5. The first-order chi connectivity index (χ1) is 19.4. The zero-order valence-corrected chi connectivity index (χ0v) is 23.8. The van der Waals surface area contributed by atoms with Crippen LogP contribution in [0, 0.1) is 0 Å². The van der Waals surface area contributed by atoms with E-state index in [4.69, 9.17) is 9.73 Å². The van der Waals surface area contributed by atoms with Gasteiger partial charge in [0.05, 0.1) is 28.5 Å². The fraction of sp³-hybridized carbons (Fsp3) is 0.206. The largest absolute Gasteiger partial charge is 0.463 e. The minimum absolute atomic E-state index is 0.173. The van der Waals surface area contributed by atoms with Gasteiger partial charge in [0.25, 0.3) is 5.56 Å². The number of hydrogen-bond donors (Lipinski definition) is 0. The Hall–Kier alpha value is -4.29. The summed E-state index contributed by atoms with van der Waals surface area (Å²) >= 11 is 1.35. The van der Waals surface area contributed by atoms with Gasteiger partial charge in [-0.3, -0.25) is 9.36 Å². The summed E-state index contributed by atoms with van der Waals surface area (Å²) in [6.45, 7) is 8.13. The van der Waals surface area contributed by atoms with Gasteiger partial charge in [-0.25, -0.2) is 9.79 Å². The maximum absolute atomic E-state index is 14.2. The highest BCUT2D eigenvalue weighted by atomic mass is 32.1. The highest BCUT2D eigenvalue weighted by Crippen LogP contribution is 2.32. The zero-order chi connectivity index (χ0) is 28.0. The molecule has 0 aliphatic carbocycles. The van der Waals surface area contributed by atoms with Crippen molar-refractivity contribution >= 4 is 44.9 Å². The second-order valence-electron chi connectivity index (χ2n) is 10.4. The number of ether oxygens (including phenoxy) is 1. The van der Waals surface area contributed by atoms with Crippen LogP contribution in [0.4, 0.5) is 0 Å². The Balaban J connectivity index is 1.62. The Bertz CT molecular complexity index is 1940. The SMILES string of the molecule is CCOC(=O)C1=C(C)N=c2sc(=Cc3c4ccccc4cc4ccccc34)c(=O)n2C1c1ccc(C(C)C)cc1. The topological polar surface area (TPSA) is 60.7 Å². The second kappa shape index (κ2) is 10.4. The molecule has 0 saturated carbocycles. The van der Waals surface area contributed by atoms with Gasteiger partial charge in [0, 0.05) is 0 Å². The van der Waals surface area contributed by atoms with Crippen molar-refractivity contribution in [3.8, 4) is 0 Å². The van der Waals surface area contributed by atoms with E-state index in [0.29, 0.717) is 26.5 Å². The van der Waals surface area contributed by atoms with Crippen LogP contribution in [0.3, 0.4) is 0 Å². The molecule has 5 nitrogen and oxygen atoms in total. The summed E-state index contributed by atoms with van der Waals surface area (Å²) in [6, 6.07) is 26.2. The van der Waals surface area contributed by atoms with Gasteiger partial charge >= 0.3 is 5.97 Å². The molecule has 0 spiro atoms. The number of esters is 1. The molecule has 2 heterocycles. The van der Waals surface area contributed by atoms with Crippen molar-refractivity contribution in [1.29, 1.82) is 0 Å². The summed E-state index contributed by atoms with van der Waals surface area (Å²) in [7, 11) is 0. The molecule has 0 fully saturated rings. The normalized spacial score (nSPS) is 15.5. The van der Waals surface area contributed by atoms with Crippen molar-refractivity contribution in [2.24, 2.45) is 4.99 Å². The highest BCUT2D eigenvalue weighted by Gasteiger charge is 2.33. The molecular formula is C34H30N2O3S. The quantitative estimate of drug-likeness (QED) is 0.194. The lowest BCUT2D eigenvalue weighted by Gasteiger charge is -2.25. The summed E-state index contributed by atoms with van der Waals surface area (Å²) in [5.74, 6) is -0.0793. The van der Waals surface area contributed by atoms with Gasteiger partial charge in [-0.2, -0.15) is 0 Å². The van der Waals surface area contributed by atoms with Crippen LogP contribution >= 0.6 is 11.3 Å². The first kappa shape index (κ1) is 26.0. The third-order valence-electron chi connectivity index (χ3n) is 7.52. The number of allylic oxidation sites excluding steroid dienone is 1. The molecule has 1 aliphatic heterocycles. The van der Waals surface area contributed by atoms with E-state index in [1.54, 1.807) is 11.5 Å². The number of carbonyl (C=O) groups excluding carboxylic acids is 1. The lowest BCUT2D eigenvalue weighted by Crippen LogP contribution is -2.39. The van der Waals surface area contributed by atoms with E-state index in [9.17, 15) is 9.59 Å². The molecular weight excluding hydrogens is 516 g/mol. The third kappa shape index (κ3) is 4.38. The van der Waals surface area contributed by atoms with Crippen LogP contribution < -0.4 is 14.9 Å². The molecule has 0 saturated heterocycles. The molecule has 4 aromatic carbocycles. The molecule has 1 atom stereocenters. The average molecular weight is 547 g/mol. The van der Waals surface area contributed by atoms with Crippen LogP contribution in [0.15, 0.2) is 99.9 Å². The predicted octanol–water partition coefficient (Wildman–Crippen LogP) is 6.23. The zero-order valence-electron chi connectivity index (χ0n) is 23.0. The van der Waals surface area contributed by atoms with Crippen molar-refractivity contribution < 1.29 is 9.53 Å². The lowest BCUT2D eigenvalue weighted by molar-refractivity contribution is -0.139. The van der Waals surface area contributed by atoms with Gasteiger partial charge in [0.2, 0.25) is 0 Å². The summed E-state index contributed by atoms with van der Waals surface area (Å²) in [6.07, 6.45) is 1.98. The fourth-order valence-electron chi connectivity index (χ4n) is 5.51. The highest BCUT2D eigenvalue weighted by molar-refractivity contribution is 7.07. The van der Waals surface area contributed by atoms with Crippen molar-refractivity contribution in [3.63, 3.8) is 0 Å². The molecule has 1 aromatic heterocycles. The second-order valence-corrected chi connectivity index (χ2v) is 11.4. The van der Waals surface area contributed by atoms with Gasteiger partial charge < -0.3 is 4.74 Å². The standard InChI is InChI=1S/C34H30N2O3S/c1-5-39-33(38)30-21(4)35-34-36(31(30)23-16-14-22(15-17-23)20(2)3)32(37)29(40-34)19-28-26-12-8-6-10-24(26)18-25-11-7-9-13-27(25)28/h6-20,31H,5H2,1-4H3. The monoisotopic (exact) mass is 546 g/mol. The molecule has 6 heteroatoms. The maximum Gasteiger partial charge on any atom is 0.338 e. The number of fused-ring (bicyclic) bond motifs is 3. The van der Waals surface area contributed by atoms with Crippen LogP contribution in [0.25, 0.3) is 27.6 Å². The summed E-state index contributed by atoms with van der Waals surface area (Å²) in [5, 5.41) is 4.39. The van der Waals surface area contributed by atoms with Gasteiger partial charge in [0.15, 0.2) is 4.80 Å². The maximum atomic E-state index is 14.2. The van der Waals surface area contributed by atoms with Gasteiger partial charge in [-0.1, -0.05) is 98.0 Å². The van der Waals surface area contributed by atoms with Gasteiger partial charge in [0.1, 0.15) is 0 Å². The number of benzene rings is 4. The van der Waals surface area contributed by atoms with Gasteiger partial charge in [-0.05, 0) is 70.1 Å². The van der Waals surface area contributed by atoms with Crippen LogP contribution in [0.2, 0.25) is 0 Å². The number of aromatic nitrogens is 1. The van der Waals surface area contributed by atoms with E-state index < -0.39 is 12.0 Å². The smallest absolute Gasteiger partial charge is 0.338 e. The van der Waals surface area contributed by atoms with E-state index in [1.165, 1.54) is 16.9 Å². The molecule has 200 valence electrons. The van der Waals surface area contributed by atoms with Crippen molar-refractivity contribution in [2.45, 2.75) is 39.7 Å². The molecule has 6 rings (SSSR count). The first-order valence-electron chi connectivity index (χ1n) is 13.6. The molecule has 0 amide bonds. The number of thiazole rings is 1. The van der Waals surface area contributed by atoms with E-state index in [0.717, 1.165) is 32.7 Å². The third-order valence-corrected chi connectivity index (χ3v) is 8.51. The predicted molar refractivity (Wildman–Crippen MR) is 162 cm³/mol. The Morgan fingerprint density at radius 3 is 2.23 bits per heavy atom. The van der Waals surface area contributed by atoms with Crippen molar-refractivity contribution in [3.05, 3.63) is 127 Å². The van der Waals surface area contributed by atoms with E-state index >= 15 is 0 Å². The van der Waals surface area contributed by atoms with Gasteiger partial charge in [-0.15, -0.1) is 0 Å². The van der Waals surface area contributed by atoms with Crippen molar-refractivity contribution in [1.82, 2.24) is 4.57 Å². The Labute approximate surface area is 236 Å². The number of carbonyl (C=O) groups is 1. The average Bonchev–Trinajstić information content (AvgIpc) is 3.26. The minimum Gasteiger partial charge on any atom is -0.463 e. The molecule has 0 radical (unpaired) electrons. The fourth-order valence-corrected chi connectivity index (χ4v) is 6.53. The van der Waals surface area contributed by atoms with E-state index in [2.05, 4.69) is 56.3 Å². The summed E-state index contributed by atoms with van der Waals surface area (Å²) in [5.41, 5.74) is 3.84. The van der Waals surface area contributed by atoms with Crippen LogP contribution in [-0.4, -0.2) is 17.1 Å². The molecule has 5 aromatic rings. The first-order valence-corrected chi connectivity index (χ1v) is 14.4. The van der Waals surface area contributed by atoms with Crippen LogP contribution in [0.5, 0.6) is 0 Å². The summed E-state index contributed by atoms with van der Waals surface area (Å²) in [4.78, 5) is 32.7. The van der Waals surface area contributed by atoms with Crippen molar-refractivity contribution in [2.75, 3.05) is 6.61 Å². The Morgan fingerprint density at radius 2 is 1.62 bits per heavy atom. The Kier molecular flexibility index (Phi) is 6.72. The van der Waals surface area contributed by atoms with E-state index in [1.807, 2.05) is 49.4 Å². The molecule has 0 N–H and O–H groups in total. The summed E-state index contributed by atoms with van der Waals surface area (Å²) < 4.78 is 7.67. The molecule has 40 heavy (non-hydrogen) atoms. The molecule has 0 bridgehead atoms. The minimum atomic E-state index is -0.622. The van der Waals surface area contributed by atoms with Crippen LogP contribution in [0.1, 0.15) is 56.3 Å². The lowest BCUT2D eigenvalue weighted by atomic mass is 9.93. The van der Waals surface area contributed by atoms with E-state index in [-0.39, 0.29) is 12.2 Å². The molecule has 1 aliphatic rings. The van der Waals surface area contributed by atoms with Crippen LogP contribution in [-0.2, 0) is 9.53 Å². The number of nitrogens with zero attached hydrogens (tertiary/aromatic N) is 2.